The highest BCUT2D eigenvalue weighted by atomic mass is 16.1. The largest absolute Gasteiger partial charge is 0.311 e. The molecule has 0 fully saturated rings. The molecule has 0 bridgehead atoms. The van der Waals surface area contributed by atoms with Gasteiger partial charge in [-0.25, -0.2) is 14.2 Å². The SMILES string of the molecule is Cc1cccc(Cn2nccc2NC(=O)CCc2c(C)nc3cc(C)nn3c2C)c1. The second-order valence-electron chi connectivity index (χ2n) is 7.73. The van der Waals surface area contributed by atoms with E-state index in [1.54, 1.807) is 6.20 Å². The van der Waals surface area contributed by atoms with E-state index in [0.29, 0.717) is 25.2 Å². The molecule has 1 aromatic carbocycles. The fourth-order valence-corrected chi connectivity index (χ4v) is 3.80. The minimum atomic E-state index is -0.0449. The first kappa shape index (κ1) is 19.8. The van der Waals surface area contributed by atoms with Crippen molar-refractivity contribution in [2.24, 2.45) is 0 Å². The summed E-state index contributed by atoms with van der Waals surface area (Å²) in [7, 11) is 0. The number of carbonyl (C=O) groups excluding carboxylic acids is 1. The molecule has 0 spiro atoms. The number of carbonyl (C=O) groups is 1. The second-order valence-corrected chi connectivity index (χ2v) is 7.73. The number of nitrogens with zero attached hydrogens (tertiary/aromatic N) is 5. The second kappa shape index (κ2) is 8.10. The smallest absolute Gasteiger partial charge is 0.225 e. The summed E-state index contributed by atoms with van der Waals surface area (Å²) in [5, 5.41) is 11.9. The highest BCUT2D eigenvalue weighted by molar-refractivity contribution is 5.90. The third kappa shape index (κ3) is 4.10. The molecule has 0 atom stereocenters. The van der Waals surface area contributed by atoms with Crippen molar-refractivity contribution in [2.45, 2.75) is 47.1 Å². The van der Waals surface area contributed by atoms with E-state index in [0.717, 1.165) is 33.9 Å². The van der Waals surface area contributed by atoms with Crippen molar-refractivity contribution in [3.05, 3.63) is 76.4 Å². The zero-order valence-electron chi connectivity index (χ0n) is 17.8. The molecule has 1 amide bonds. The Kier molecular flexibility index (Phi) is 5.35. The predicted octanol–water partition coefficient (Wildman–Crippen LogP) is 3.78. The minimum absolute atomic E-state index is 0.0449. The number of aryl methyl sites for hydroxylation is 4. The summed E-state index contributed by atoms with van der Waals surface area (Å²) < 4.78 is 3.66. The van der Waals surface area contributed by atoms with Crippen molar-refractivity contribution in [1.29, 1.82) is 0 Å². The molecule has 0 saturated carbocycles. The first-order valence-electron chi connectivity index (χ1n) is 10.1. The van der Waals surface area contributed by atoms with Gasteiger partial charge in [0.1, 0.15) is 5.82 Å². The van der Waals surface area contributed by atoms with Crippen LogP contribution in [0.15, 0.2) is 42.6 Å². The predicted molar refractivity (Wildman–Crippen MR) is 117 cm³/mol. The van der Waals surface area contributed by atoms with Crippen LogP contribution in [0.4, 0.5) is 5.82 Å². The molecule has 0 aliphatic rings. The van der Waals surface area contributed by atoms with Gasteiger partial charge >= 0.3 is 0 Å². The number of benzene rings is 1. The monoisotopic (exact) mass is 402 g/mol. The Morgan fingerprint density at radius 1 is 1.10 bits per heavy atom. The lowest BCUT2D eigenvalue weighted by molar-refractivity contribution is -0.116. The summed E-state index contributed by atoms with van der Waals surface area (Å²) in [6.07, 6.45) is 2.68. The van der Waals surface area contributed by atoms with Gasteiger partial charge in [0.25, 0.3) is 0 Å². The number of hydrogen-bond donors (Lipinski definition) is 1. The van der Waals surface area contributed by atoms with Gasteiger partial charge in [-0.15, -0.1) is 0 Å². The number of amides is 1. The van der Waals surface area contributed by atoms with Crippen LogP contribution >= 0.6 is 0 Å². The summed E-state index contributed by atoms with van der Waals surface area (Å²) in [4.78, 5) is 17.3. The molecular formula is C23H26N6O. The van der Waals surface area contributed by atoms with E-state index in [4.69, 9.17) is 0 Å². The molecule has 7 nitrogen and oxygen atoms in total. The summed E-state index contributed by atoms with van der Waals surface area (Å²) in [5.74, 6) is 0.655. The molecule has 0 aliphatic heterocycles. The van der Waals surface area contributed by atoms with Crippen molar-refractivity contribution < 1.29 is 4.79 Å². The minimum Gasteiger partial charge on any atom is -0.311 e. The highest BCUT2D eigenvalue weighted by Crippen LogP contribution is 2.18. The maximum atomic E-state index is 12.6. The number of anilines is 1. The van der Waals surface area contributed by atoms with Gasteiger partial charge in [0, 0.05) is 29.9 Å². The molecule has 0 unspecified atom stereocenters. The maximum Gasteiger partial charge on any atom is 0.225 e. The normalized spacial score (nSPS) is 11.2. The van der Waals surface area contributed by atoms with Gasteiger partial charge in [0.05, 0.1) is 18.4 Å². The zero-order chi connectivity index (χ0) is 21.3. The molecule has 1 N–H and O–H groups in total. The molecule has 4 aromatic rings. The van der Waals surface area contributed by atoms with E-state index in [1.807, 2.05) is 48.2 Å². The Balaban J connectivity index is 1.44. The molecule has 4 rings (SSSR count). The average Bonchev–Trinajstić information content (AvgIpc) is 3.27. The van der Waals surface area contributed by atoms with E-state index in [9.17, 15) is 4.79 Å². The van der Waals surface area contributed by atoms with Crippen molar-refractivity contribution in [2.75, 3.05) is 5.32 Å². The summed E-state index contributed by atoms with van der Waals surface area (Å²) >= 11 is 0. The van der Waals surface area contributed by atoms with Gasteiger partial charge in [0.15, 0.2) is 5.65 Å². The topological polar surface area (TPSA) is 77.1 Å². The van der Waals surface area contributed by atoms with Crippen LogP contribution in [-0.4, -0.2) is 30.3 Å². The van der Waals surface area contributed by atoms with Crippen LogP contribution in [-0.2, 0) is 17.8 Å². The third-order valence-corrected chi connectivity index (χ3v) is 5.29. The third-order valence-electron chi connectivity index (χ3n) is 5.29. The number of hydrogen-bond acceptors (Lipinski definition) is 4. The fraction of sp³-hybridized carbons (Fsp3) is 0.304. The van der Waals surface area contributed by atoms with Gasteiger partial charge in [-0.2, -0.15) is 10.2 Å². The molecule has 0 aliphatic carbocycles. The van der Waals surface area contributed by atoms with Crippen LogP contribution < -0.4 is 5.32 Å². The van der Waals surface area contributed by atoms with Gasteiger partial charge in [-0.3, -0.25) is 4.79 Å². The van der Waals surface area contributed by atoms with Gasteiger partial charge < -0.3 is 5.32 Å². The summed E-state index contributed by atoms with van der Waals surface area (Å²) in [6.45, 7) is 8.64. The number of aromatic nitrogens is 5. The lowest BCUT2D eigenvalue weighted by Crippen LogP contribution is -2.17. The molecule has 30 heavy (non-hydrogen) atoms. The molecule has 0 saturated heterocycles. The van der Waals surface area contributed by atoms with Crippen molar-refractivity contribution >= 4 is 17.4 Å². The first-order valence-corrected chi connectivity index (χ1v) is 10.1. The fourth-order valence-electron chi connectivity index (χ4n) is 3.80. The van der Waals surface area contributed by atoms with Crippen molar-refractivity contribution in [3.63, 3.8) is 0 Å². The molecule has 3 heterocycles. The first-order chi connectivity index (χ1) is 14.4. The van der Waals surface area contributed by atoms with Crippen LogP contribution in [0, 0.1) is 27.7 Å². The van der Waals surface area contributed by atoms with E-state index in [-0.39, 0.29) is 5.91 Å². The zero-order valence-corrected chi connectivity index (χ0v) is 17.8. The van der Waals surface area contributed by atoms with E-state index < -0.39 is 0 Å². The van der Waals surface area contributed by atoms with Crippen molar-refractivity contribution in [3.8, 4) is 0 Å². The number of rotatable bonds is 6. The lowest BCUT2D eigenvalue weighted by atomic mass is 10.1. The highest BCUT2D eigenvalue weighted by Gasteiger charge is 2.14. The molecule has 3 aromatic heterocycles. The van der Waals surface area contributed by atoms with E-state index >= 15 is 0 Å². The van der Waals surface area contributed by atoms with Crippen LogP contribution in [0.1, 0.15) is 40.2 Å². The van der Waals surface area contributed by atoms with Gasteiger partial charge in [-0.05, 0) is 45.2 Å². The van der Waals surface area contributed by atoms with E-state index in [2.05, 4.69) is 45.6 Å². The van der Waals surface area contributed by atoms with Crippen LogP contribution in [0.3, 0.4) is 0 Å². The van der Waals surface area contributed by atoms with Crippen LogP contribution in [0.25, 0.3) is 5.65 Å². The quantitative estimate of drug-likeness (QED) is 0.532. The molecule has 0 radical (unpaired) electrons. The summed E-state index contributed by atoms with van der Waals surface area (Å²) in [5.41, 5.74) is 7.16. The molecule has 154 valence electrons. The van der Waals surface area contributed by atoms with E-state index in [1.165, 1.54) is 5.56 Å². The Morgan fingerprint density at radius 2 is 1.93 bits per heavy atom. The Bertz CT molecular complexity index is 1220. The standard InChI is InChI=1S/C23H26N6O/c1-15-6-5-7-19(12-15)14-28-21(10-11-24-28)26-23(30)9-8-20-17(3)25-22-13-16(2)27-29(22)18(20)4/h5-7,10-13H,8-9,14H2,1-4H3,(H,26,30). The molecular weight excluding hydrogens is 376 g/mol. The van der Waals surface area contributed by atoms with Gasteiger partial charge in [0.2, 0.25) is 5.91 Å². The van der Waals surface area contributed by atoms with Crippen molar-refractivity contribution in [1.82, 2.24) is 24.4 Å². The molecule has 7 heteroatoms. The number of fused-ring (bicyclic) bond motifs is 1. The van der Waals surface area contributed by atoms with Crippen LogP contribution in [0.5, 0.6) is 0 Å². The Hall–Kier alpha value is -3.48. The Labute approximate surface area is 175 Å². The van der Waals surface area contributed by atoms with Gasteiger partial charge in [-0.1, -0.05) is 29.8 Å². The Morgan fingerprint density at radius 3 is 2.73 bits per heavy atom. The average molecular weight is 403 g/mol. The summed E-state index contributed by atoms with van der Waals surface area (Å²) in [6, 6.07) is 12.1. The maximum absolute atomic E-state index is 12.6. The lowest BCUT2D eigenvalue weighted by Gasteiger charge is -2.12. The van der Waals surface area contributed by atoms with Crippen LogP contribution in [0.2, 0.25) is 0 Å². The number of nitrogens with one attached hydrogen (secondary N) is 1.